The van der Waals surface area contributed by atoms with Crippen LogP contribution in [0.4, 0.5) is 5.69 Å². The van der Waals surface area contributed by atoms with Gasteiger partial charge >= 0.3 is 0 Å². The summed E-state index contributed by atoms with van der Waals surface area (Å²) in [6, 6.07) is 8.00. The van der Waals surface area contributed by atoms with E-state index in [0.29, 0.717) is 0 Å². The second kappa shape index (κ2) is 9.06. The van der Waals surface area contributed by atoms with Crippen LogP contribution >= 0.6 is 0 Å². The lowest BCUT2D eigenvalue weighted by Crippen LogP contribution is -2.02. The highest BCUT2D eigenvalue weighted by atomic mass is 16.5. The number of ether oxygens (including phenoxy) is 1. The van der Waals surface area contributed by atoms with Gasteiger partial charge in [0, 0.05) is 12.3 Å². The van der Waals surface area contributed by atoms with Crippen molar-refractivity contribution >= 4 is 5.69 Å². The van der Waals surface area contributed by atoms with Crippen LogP contribution in [0.3, 0.4) is 0 Å². The summed E-state index contributed by atoms with van der Waals surface area (Å²) < 4.78 is 5.62. The Morgan fingerprint density at radius 1 is 1.00 bits per heavy atom. The molecule has 0 spiro atoms. The topological polar surface area (TPSA) is 35.2 Å². The number of nitrogen functional groups attached to an aromatic ring is 1. The Morgan fingerprint density at radius 2 is 1.76 bits per heavy atom. The highest BCUT2D eigenvalue weighted by molar-refractivity contribution is 5.46. The van der Waals surface area contributed by atoms with Gasteiger partial charge in [-0.05, 0) is 24.5 Å². The molecule has 0 saturated heterocycles. The molecule has 0 radical (unpaired) electrons. The zero-order valence-electron chi connectivity index (χ0n) is 11.0. The molecule has 0 bridgehead atoms. The van der Waals surface area contributed by atoms with E-state index >= 15 is 0 Å². The van der Waals surface area contributed by atoms with Gasteiger partial charge in [0.15, 0.2) is 0 Å². The fraction of sp³-hybridized carbons (Fsp3) is 0.600. The number of rotatable bonds is 9. The van der Waals surface area contributed by atoms with Gasteiger partial charge < -0.3 is 10.5 Å². The van der Waals surface area contributed by atoms with Crippen molar-refractivity contribution in [1.82, 2.24) is 0 Å². The van der Waals surface area contributed by atoms with Gasteiger partial charge in [0.2, 0.25) is 0 Å². The van der Waals surface area contributed by atoms with Crippen LogP contribution in [-0.4, -0.2) is 13.2 Å². The first kappa shape index (κ1) is 14.0. The fourth-order valence-electron chi connectivity index (χ4n) is 1.85. The molecule has 1 aromatic rings. The zero-order valence-corrected chi connectivity index (χ0v) is 11.0. The first-order chi connectivity index (χ1) is 8.34. The fourth-order valence-corrected chi connectivity index (χ4v) is 1.85. The minimum atomic E-state index is 0.780. The van der Waals surface area contributed by atoms with Crippen LogP contribution in [0.5, 0.6) is 0 Å². The second-order valence-electron chi connectivity index (χ2n) is 4.48. The van der Waals surface area contributed by atoms with E-state index in [1.807, 2.05) is 18.2 Å². The molecule has 0 aliphatic rings. The molecular formula is C15H25NO. The molecule has 0 unspecified atom stereocenters. The number of hydrogen-bond donors (Lipinski definition) is 1. The van der Waals surface area contributed by atoms with Crippen LogP contribution in [0.1, 0.15) is 44.6 Å². The van der Waals surface area contributed by atoms with Gasteiger partial charge in [0.25, 0.3) is 0 Å². The highest BCUT2D eigenvalue weighted by Gasteiger charge is 1.97. The van der Waals surface area contributed by atoms with E-state index in [1.54, 1.807) is 0 Å². The Morgan fingerprint density at radius 3 is 2.53 bits per heavy atom. The third kappa shape index (κ3) is 6.32. The Bertz CT molecular complexity index is 299. The summed E-state index contributed by atoms with van der Waals surface area (Å²) >= 11 is 0. The first-order valence-electron chi connectivity index (χ1n) is 6.75. The van der Waals surface area contributed by atoms with E-state index in [-0.39, 0.29) is 0 Å². The van der Waals surface area contributed by atoms with Crippen molar-refractivity contribution in [2.24, 2.45) is 0 Å². The number of unbranched alkanes of at least 4 members (excludes halogenated alkanes) is 4. The van der Waals surface area contributed by atoms with E-state index in [2.05, 4.69) is 13.0 Å². The summed E-state index contributed by atoms with van der Waals surface area (Å²) in [5.74, 6) is 0. The summed E-state index contributed by atoms with van der Waals surface area (Å²) in [6.07, 6.45) is 7.38. The summed E-state index contributed by atoms with van der Waals surface area (Å²) in [7, 11) is 0. The molecule has 2 nitrogen and oxygen atoms in total. The monoisotopic (exact) mass is 235 g/mol. The van der Waals surface area contributed by atoms with Gasteiger partial charge in [-0.3, -0.25) is 0 Å². The molecule has 96 valence electrons. The lowest BCUT2D eigenvalue weighted by Gasteiger charge is -2.06. The highest BCUT2D eigenvalue weighted by Crippen LogP contribution is 2.11. The predicted molar refractivity (Wildman–Crippen MR) is 74.1 cm³/mol. The minimum absolute atomic E-state index is 0.780. The van der Waals surface area contributed by atoms with E-state index in [9.17, 15) is 0 Å². The van der Waals surface area contributed by atoms with Gasteiger partial charge in [-0.2, -0.15) is 0 Å². The van der Waals surface area contributed by atoms with E-state index in [1.165, 1.54) is 37.7 Å². The van der Waals surface area contributed by atoms with Crippen LogP contribution in [0, 0.1) is 0 Å². The van der Waals surface area contributed by atoms with E-state index in [0.717, 1.165) is 25.3 Å². The smallest absolute Gasteiger partial charge is 0.0507 e. The maximum absolute atomic E-state index is 5.86. The predicted octanol–water partition coefficient (Wildman–Crippen LogP) is 3.80. The third-order valence-electron chi connectivity index (χ3n) is 2.96. The number of para-hydroxylation sites is 1. The minimum Gasteiger partial charge on any atom is -0.399 e. The molecule has 1 rings (SSSR count). The summed E-state index contributed by atoms with van der Waals surface area (Å²) in [5.41, 5.74) is 7.93. The Kier molecular flexibility index (Phi) is 7.48. The Hall–Kier alpha value is -1.02. The summed E-state index contributed by atoms with van der Waals surface area (Å²) in [6.45, 7) is 3.90. The molecule has 0 amide bonds. The molecule has 0 atom stereocenters. The maximum atomic E-state index is 5.86. The molecule has 0 aliphatic heterocycles. The molecule has 0 heterocycles. The van der Waals surface area contributed by atoms with Gasteiger partial charge in [0.1, 0.15) is 0 Å². The molecule has 2 heteroatoms. The molecule has 17 heavy (non-hydrogen) atoms. The van der Waals surface area contributed by atoms with Gasteiger partial charge in [-0.15, -0.1) is 0 Å². The normalized spacial score (nSPS) is 10.6. The van der Waals surface area contributed by atoms with Crippen LogP contribution in [0.2, 0.25) is 0 Å². The van der Waals surface area contributed by atoms with Gasteiger partial charge in [-0.25, -0.2) is 0 Å². The quantitative estimate of drug-likeness (QED) is 0.522. The van der Waals surface area contributed by atoms with E-state index < -0.39 is 0 Å². The largest absolute Gasteiger partial charge is 0.399 e. The van der Waals surface area contributed by atoms with Crippen molar-refractivity contribution in [2.45, 2.75) is 45.4 Å². The van der Waals surface area contributed by atoms with Gasteiger partial charge in [0.05, 0.1) is 6.61 Å². The number of benzene rings is 1. The number of nitrogens with two attached hydrogens (primary N) is 1. The van der Waals surface area contributed by atoms with Crippen molar-refractivity contribution in [2.75, 3.05) is 18.9 Å². The van der Waals surface area contributed by atoms with Crippen LogP contribution < -0.4 is 5.73 Å². The zero-order chi connectivity index (χ0) is 12.3. The van der Waals surface area contributed by atoms with Crippen molar-refractivity contribution in [3.05, 3.63) is 29.8 Å². The second-order valence-corrected chi connectivity index (χ2v) is 4.48. The molecular weight excluding hydrogens is 210 g/mol. The molecule has 0 aliphatic carbocycles. The van der Waals surface area contributed by atoms with Gasteiger partial charge in [-0.1, -0.05) is 50.8 Å². The lowest BCUT2D eigenvalue weighted by atomic mass is 10.1. The van der Waals surface area contributed by atoms with E-state index in [4.69, 9.17) is 10.5 Å². The third-order valence-corrected chi connectivity index (χ3v) is 2.96. The molecule has 1 aromatic carbocycles. The summed E-state index contributed by atoms with van der Waals surface area (Å²) in [4.78, 5) is 0. The van der Waals surface area contributed by atoms with Crippen molar-refractivity contribution in [3.8, 4) is 0 Å². The average molecular weight is 235 g/mol. The number of anilines is 1. The van der Waals surface area contributed by atoms with Crippen LogP contribution in [-0.2, 0) is 11.2 Å². The molecule has 2 N–H and O–H groups in total. The van der Waals surface area contributed by atoms with Crippen molar-refractivity contribution in [3.63, 3.8) is 0 Å². The van der Waals surface area contributed by atoms with Crippen molar-refractivity contribution < 1.29 is 4.74 Å². The Labute approximate surface area is 105 Å². The number of hydrogen-bond acceptors (Lipinski definition) is 2. The standard InChI is InChI=1S/C15H25NO/c1-2-3-4-5-8-12-17-13-11-14-9-6-7-10-15(14)16/h6-7,9-10H,2-5,8,11-13,16H2,1H3. The van der Waals surface area contributed by atoms with Crippen LogP contribution in [0.25, 0.3) is 0 Å². The molecule has 0 aromatic heterocycles. The maximum Gasteiger partial charge on any atom is 0.0507 e. The average Bonchev–Trinajstić information content (AvgIpc) is 2.35. The first-order valence-corrected chi connectivity index (χ1v) is 6.75. The SMILES string of the molecule is CCCCCCCOCCc1ccccc1N. The summed E-state index contributed by atoms with van der Waals surface area (Å²) in [5, 5.41) is 0. The molecule has 0 fully saturated rings. The lowest BCUT2D eigenvalue weighted by molar-refractivity contribution is 0.133. The van der Waals surface area contributed by atoms with Crippen LogP contribution in [0.15, 0.2) is 24.3 Å². The molecule has 0 saturated carbocycles. The van der Waals surface area contributed by atoms with Crippen molar-refractivity contribution in [1.29, 1.82) is 0 Å². The Balaban J connectivity index is 1.99.